The lowest BCUT2D eigenvalue weighted by atomic mass is 9.69. The molecule has 0 fully saturated rings. The van der Waals surface area contributed by atoms with E-state index in [9.17, 15) is 29.1 Å². The molecular weight excluding hydrogens is 652 g/mol. The highest BCUT2D eigenvalue weighted by Gasteiger charge is 2.61. The first kappa shape index (κ1) is 34.0. The van der Waals surface area contributed by atoms with Crippen LogP contribution in [-0.2, 0) is 23.8 Å². The average molecular weight is 683 g/mol. The number of halogens is 1. The largest absolute Gasteiger partial charge is 0.507 e. The lowest BCUT2D eigenvalue weighted by Gasteiger charge is -2.38. The lowest BCUT2D eigenvalue weighted by Crippen LogP contribution is -2.53. The van der Waals surface area contributed by atoms with Gasteiger partial charge in [0.1, 0.15) is 33.6 Å². The third-order valence-corrected chi connectivity index (χ3v) is 8.85. The van der Waals surface area contributed by atoms with Crippen molar-refractivity contribution < 1.29 is 61.9 Å². The van der Waals surface area contributed by atoms with E-state index in [0.717, 1.165) is 7.11 Å². The normalized spacial score (nSPS) is 19.0. The van der Waals surface area contributed by atoms with Gasteiger partial charge in [-0.05, 0) is 30.3 Å². The number of aliphatic hydroxyl groups excluding tert-OH is 1. The van der Waals surface area contributed by atoms with Crippen LogP contribution in [0.1, 0.15) is 62.5 Å². The molecule has 0 saturated carbocycles. The van der Waals surface area contributed by atoms with Gasteiger partial charge in [0, 0.05) is 29.5 Å². The van der Waals surface area contributed by atoms with Crippen LogP contribution in [0, 0.1) is 5.92 Å². The first-order valence-corrected chi connectivity index (χ1v) is 14.9. The zero-order valence-electron chi connectivity index (χ0n) is 26.8. The fourth-order valence-corrected chi connectivity index (χ4v) is 6.33. The minimum Gasteiger partial charge on any atom is -0.507 e. The molecule has 2 aromatic carbocycles. The molecule has 5 rings (SSSR count). The van der Waals surface area contributed by atoms with E-state index in [0.29, 0.717) is 0 Å². The van der Waals surface area contributed by atoms with Crippen molar-refractivity contribution in [3.8, 4) is 28.6 Å². The van der Waals surface area contributed by atoms with Crippen LogP contribution in [0.4, 0.5) is 0 Å². The van der Waals surface area contributed by atoms with Gasteiger partial charge in [0.2, 0.25) is 11.4 Å². The van der Waals surface area contributed by atoms with Crippen molar-refractivity contribution in [2.45, 2.75) is 31.3 Å². The predicted octanol–water partition coefficient (Wildman–Crippen LogP) is 5.27. The van der Waals surface area contributed by atoms with Crippen LogP contribution in [0.5, 0.6) is 17.2 Å². The Kier molecular flexibility index (Phi) is 9.27. The number of furan rings is 1. The fraction of sp³-hybridized carbons (Fsp3) is 0.324. The Balaban J connectivity index is 1.67. The average Bonchev–Trinajstić information content (AvgIpc) is 3.70. The predicted molar refractivity (Wildman–Crippen MR) is 167 cm³/mol. The van der Waals surface area contributed by atoms with Gasteiger partial charge in [-0.25, -0.2) is 9.59 Å². The van der Waals surface area contributed by atoms with Crippen LogP contribution in [0.3, 0.4) is 0 Å². The standard InChI is InChI=1S/C34H31ClO13/c1-15-9-20(36)26(30(38)34(15)31(39)27-23(42-2)14-24(43-3)28(35)29(27)48-34)19(13-25(37)44-4)22-8-7-21(47-22)16-10-17(32(40)45-5)12-18(11-16)33(41)46-6/h7-8,10-12,14-15,19,38H,9,13H2,1-6H3/t15-,19?,34+/m1/s1. The highest BCUT2D eigenvalue weighted by atomic mass is 35.5. The third kappa shape index (κ3) is 5.43. The molecule has 14 heteroatoms. The van der Waals surface area contributed by atoms with E-state index in [1.165, 1.54) is 64.8 Å². The molecule has 2 heterocycles. The highest BCUT2D eigenvalue weighted by Crippen LogP contribution is 2.56. The van der Waals surface area contributed by atoms with E-state index in [1.54, 1.807) is 6.92 Å². The molecule has 252 valence electrons. The number of allylic oxidation sites excluding steroid dienone is 1. The molecule has 0 bridgehead atoms. The maximum Gasteiger partial charge on any atom is 0.337 e. The van der Waals surface area contributed by atoms with E-state index in [2.05, 4.69) is 0 Å². The van der Waals surface area contributed by atoms with Crippen LogP contribution in [-0.4, -0.2) is 75.7 Å². The Labute approximate surface area is 279 Å². The first-order chi connectivity index (χ1) is 22.9. The van der Waals surface area contributed by atoms with Crippen LogP contribution in [0.15, 0.2) is 52.1 Å². The van der Waals surface area contributed by atoms with E-state index >= 15 is 0 Å². The number of aliphatic hydroxyl groups is 1. The van der Waals surface area contributed by atoms with Crippen molar-refractivity contribution >= 4 is 41.1 Å². The molecule has 48 heavy (non-hydrogen) atoms. The van der Waals surface area contributed by atoms with Gasteiger partial charge in [0.15, 0.2) is 17.3 Å². The summed E-state index contributed by atoms with van der Waals surface area (Å²) in [6.07, 6.45) is -0.737. The summed E-state index contributed by atoms with van der Waals surface area (Å²) >= 11 is 6.54. The number of ketones is 2. The Hall–Kier alpha value is -5.30. The molecule has 3 atom stereocenters. The number of hydrogen-bond donors (Lipinski definition) is 1. The second-order valence-electron chi connectivity index (χ2n) is 11.1. The van der Waals surface area contributed by atoms with Gasteiger partial charge in [0.05, 0.1) is 59.0 Å². The molecule has 1 spiro atoms. The monoisotopic (exact) mass is 682 g/mol. The number of carbonyl (C=O) groups is 5. The summed E-state index contributed by atoms with van der Waals surface area (Å²) in [6, 6.07) is 8.49. The van der Waals surface area contributed by atoms with E-state index in [-0.39, 0.29) is 68.0 Å². The Bertz CT molecular complexity index is 1850. The Morgan fingerprint density at radius 1 is 0.938 bits per heavy atom. The zero-order valence-corrected chi connectivity index (χ0v) is 27.5. The quantitative estimate of drug-likeness (QED) is 0.228. The summed E-state index contributed by atoms with van der Waals surface area (Å²) < 4.78 is 37.6. The Morgan fingerprint density at radius 3 is 2.12 bits per heavy atom. The molecule has 1 unspecified atom stereocenters. The van der Waals surface area contributed by atoms with Gasteiger partial charge in [-0.2, -0.15) is 0 Å². The first-order valence-electron chi connectivity index (χ1n) is 14.5. The maximum absolute atomic E-state index is 14.2. The topological polar surface area (TPSA) is 174 Å². The number of fused-ring (bicyclic) bond motifs is 1. The second-order valence-corrected chi connectivity index (χ2v) is 11.5. The number of ether oxygens (including phenoxy) is 6. The van der Waals surface area contributed by atoms with Gasteiger partial charge in [-0.15, -0.1) is 0 Å². The summed E-state index contributed by atoms with van der Waals surface area (Å²) in [5, 5.41) is 11.9. The summed E-state index contributed by atoms with van der Waals surface area (Å²) in [5.74, 6) is -6.07. The molecule has 0 saturated heterocycles. The van der Waals surface area contributed by atoms with Gasteiger partial charge in [-0.3, -0.25) is 14.4 Å². The number of benzene rings is 2. The van der Waals surface area contributed by atoms with Crippen LogP contribution in [0.2, 0.25) is 5.02 Å². The van der Waals surface area contributed by atoms with Crippen molar-refractivity contribution in [3.63, 3.8) is 0 Å². The van der Waals surface area contributed by atoms with Crippen LogP contribution in [0.25, 0.3) is 11.3 Å². The molecule has 1 aliphatic carbocycles. The molecule has 13 nitrogen and oxygen atoms in total. The van der Waals surface area contributed by atoms with Crippen LogP contribution < -0.4 is 14.2 Å². The lowest BCUT2D eigenvalue weighted by molar-refractivity contribution is -0.141. The van der Waals surface area contributed by atoms with Gasteiger partial charge in [0.25, 0.3) is 0 Å². The highest BCUT2D eigenvalue weighted by molar-refractivity contribution is 6.35. The number of rotatable bonds is 9. The summed E-state index contributed by atoms with van der Waals surface area (Å²) in [5.41, 5.74) is -2.14. The molecule has 0 amide bonds. The molecule has 2 aliphatic rings. The zero-order chi connectivity index (χ0) is 35.1. The molecule has 1 aromatic heterocycles. The number of methoxy groups -OCH3 is 5. The fourth-order valence-electron chi connectivity index (χ4n) is 6.07. The minimum absolute atomic E-state index is 0.0262. The molecular formula is C34H31ClO13. The SMILES string of the molecule is COC(=O)CC(C1=C(O)[C@@]2(Oc3c(Cl)c(OC)cc(OC)c3C2=O)[C@H](C)CC1=O)c1ccc(-c2cc(C(=O)OC)cc(C(=O)OC)c2)o1. The maximum atomic E-state index is 14.2. The van der Waals surface area contributed by atoms with Crippen molar-refractivity contribution in [1.29, 1.82) is 0 Å². The van der Waals surface area contributed by atoms with Gasteiger partial charge in [-0.1, -0.05) is 18.5 Å². The third-order valence-electron chi connectivity index (χ3n) is 8.49. The van der Waals surface area contributed by atoms with Crippen molar-refractivity contribution in [2.75, 3.05) is 35.5 Å². The molecule has 1 aliphatic heterocycles. The summed E-state index contributed by atoms with van der Waals surface area (Å²) in [7, 11) is 6.23. The Morgan fingerprint density at radius 2 is 1.56 bits per heavy atom. The molecule has 3 aromatic rings. The number of esters is 3. The van der Waals surface area contributed by atoms with Gasteiger partial charge >= 0.3 is 17.9 Å². The van der Waals surface area contributed by atoms with E-state index in [4.69, 9.17) is 44.4 Å². The summed E-state index contributed by atoms with van der Waals surface area (Å²) in [4.78, 5) is 65.4. The summed E-state index contributed by atoms with van der Waals surface area (Å²) in [6.45, 7) is 1.57. The van der Waals surface area contributed by atoms with E-state index < -0.39 is 59.1 Å². The number of hydrogen-bond acceptors (Lipinski definition) is 13. The van der Waals surface area contributed by atoms with Crippen molar-refractivity contribution in [1.82, 2.24) is 0 Å². The number of Topliss-reactive ketones (excluding diaryl/α,β-unsaturated/α-hetero) is 2. The minimum atomic E-state index is -2.11. The van der Waals surface area contributed by atoms with Gasteiger partial charge < -0.3 is 37.9 Å². The van der Waals surface area contributed by atoms with Crippen molar-refractivity contribution in [3.05, 3.63) is 75.2 Å². The number of carbonyl (C=O) groups excluding carboxylic acids is 5. The van der Waals surface area contributed by atoms with Crippen LogP contribution >= 0.6 is 11.6 Å². The molecule has 1 N–H and O–H groups in total. The second kappa shape index (κ2) is 13.1. The van der Waals surface area contributed by atoms with E-state index in [1.807, 2.05) is 0 Å². The van der Waals surface area contributed by atoms with Crippen molar-refractivity contribution in [2.24, 2.45) is 5.92 Å². The smallest absolute Gasteiger partial charge is 0.337 e. The molecule has 0 radical (unpaired) electrons.